The van der Waals surface area contributed by atoms with E-state index in [-0.39, 0.29) is 6.10 Å². The quantitative estimate of drug-likeness (QED) is 0.826. The highest BCUT2D eigenvalue weighted by Gasteiger charge is 2.42. The Morgan fingerprint density at radius 2 is 2.14 bits per heavy atom. The molecule has 1 N–H and O–H groups in total. The van der Waals surface area contributed by atoms with Gasteiger partial charge in [0.05, 0.1) is 16.1 Å². The van der Waals surface area contributed by atoms with Crippen LogP contribution >= 0.6 is 23.2 Å². The molecule has 0 heterocycles. The second kappa shape index (κ2) is 3.73. The van der Waals surface area contributed by atoms with Crippen molar-refractivity contribution in [1.82, 2.24) is 0 Å². The summed E-state index contributed by atoms with van der Waals surface area (Å²) in [6.07, 6.45) is 0.757. The number of aliphatic hydroxyl groups is 1. The van der Waals surface area contributed by atoms with Crippen LogP contribution in [0.3, 0.4) is 0 Å². The molecule has 0 unspecified atom stereocenters. The van der Waals surface area contributed by atoms with Gasteiger partial charge in [0.2, 0.25) is 0 Å². The normalized spacial score (nSPS) is 27.4. The maximum Gasteiger partial charge on any atom is 0.0627 e. The standard InChI is InChI=1S/C11H12Cl2O/c1-6(14)8-5-9(8)7-3-2-4-10(12)11(7)13/h2-4,6,8-9,14H,5H2,1H3/t6-,8+,9+/m0/s1. The number of rotatable bonds is 2. The summed E-state index contributed by atoms with van der Waals surface area (Å²) in [5, 5.41) is 10.6. The molecular weight excluding hydrogens is 219 g/mol. The predicted molar refractivity (Wildman–Crippen MR) is 59.0 cm³/mol. The SMILES string of the molecule is C[C@H](O)[C@H]1C[C@@H]1c1cccc(Cl)c1Cl. The highest BCUT2D eigenvalue weighted by Crippen LogP contribution is 2.52. The Kier molecular flexibility index (Phi) is 2.74. The molecule has 0 bridgehead atoms. The molecule has 1 aromatic rings. The summed E-state index contributed by atoms with van der Waals surface area (Å²) in [5.74, 6) is 0.743. The van der Waals surface area contributed by atoms with E-state index in [1.807, 2.05) is 19.1 Å². The molecule has 1 fully saturated rings. The zero-order chi connectivity index (χ0) is 10.3. The van der Waals surface area contributed by atoms with Gasteiger partial charge in [0.25, 0.3) is 0 Å². The number of aliphatic hydroxyl groups excluding tert-OH is 1. The fraction of sp³-hybridized carbons (Fsp3) is 0.455. The van der Waals surface area contributed by atoms with Gasteiger partial charge in [-0.15, -0.1) is 0 Å². The summed E-state index contributed by atoms with van der Waals surface area (Å²) in [4.78, 5) is 0. The van der Waals surface area contributed by atoms with E-state index >= 15 is 0 Å². The monoisotopic (exact) mass is 230 g/mol. The molecule has 0 spiro atoms. The van der Waals surface area contributed by atoms with Crippen molar-refractivity contribution in [3.8, 4) is 0 Å². The van der Waals surface area contributed by atoms with Gasteiger partial charge in [-0.25, -0.2) is 0 Å². The third kappa shape index (κ3) is 1.77. The van der Waals surface area contributed by atoms with Crippen LogP contribution in [0.2, 0.25) is 10.0 Å². The molecule has 0 aliphatic heterocycles. The van der Waals surface area contributed by atoms with E-state index in [2.05, 4.69) is 0 Å². The van der Waals surface area contributed by atoms with Gasteiger partial charge in [0.15, 0.2) is 0 Å². The topological polar surface area (TPSA) is 20.2 Å². The smallest absolute Gasteiger partial charge is 0.0627 e. The molecule has 2 rings (SSSR count). The van der Waals surface area contributed by atoms with Gasteiger partial charge in [-0.1, -0.05) is 35.3 Å². The van der Waals surface area contributed by atoms with Gasteiger partial charge in [-0.3, -0.25) is 0 Å². The average molecular weight is 231 g/mol. The lowest BCUT2D eigenvalue weighted by atomic mass is 10.1. The molecule has 3 atom stereocenters. The first kappa shape index (κ1) is 10.3. The molecule has 0 amide bonds. The largest absolute Gasteiger partial charge is 0.393 e. The lowest BCUT2D eigenvalue weighted by Gasteiger charge is -2.06. The van der Waals surface area contributed by atoms with E-state index < -0.39 is 0 Å². The third-order valence-corrected chi connectivity index (χ3v) is 3.67. The number of hydrogen-bond donors (Lipinski definition) is 1. The molecule has 76 valence electrons. The van der Waals surface area contributed by atoms with Crippen molar-refractivity contribution in [1.29, 1.82) is 0 Å². The van der Waals surface area contributed by atoms with Crippen molar-refractivity contribution in [3.63, 3.8) is 0 Å². The van der Waals surface area contributed by atoms with Gasteiger partial charge < -0.3 is 5.11 Å². The molecule has 14 heavy (non-hydrogen) atoms. The predicted octanol–water partition coefficient (Wildman–Crippen LogP) is 3.48. The molecular formula is C11H12Cl2O. The highest BCUT2D eigenvalue weighted by molar-refractivity contribution is 6.42. The van der Waals surface area contributed by atoms with Crippen LogP contribution in [0.15, 0.2) is 18.2 Å². The van der Waals surface area contributed by atoms with E-state index in [9.17, 15) is 5.11 Å². The highest BCUT2D eigenvalue weighted by atomic mass is 35.5. The summed E-state index contributed by atoms with van der Waals surface area (Å²) in [6.45, 7) is 1.82. The van der Waals surface area contributed by atoms with Gasteiger partial charge in [0, 0.05) is 0 Å². The molecule has 1 nitrogen and oxygen atoms in total. The number of halogens is 2. The molecule has 0 saturated heterocycles. The lowest BCUT2D eigenvalue weighted by molar-refractivity contribution is 0.169. The Balaban J connectivity index is 2.23. The molecule has 1 aliphatic carbocycles. The maximum absolute atomic E-state index is 9.41. The van der Waals surface area contributed by atoms with Crippen molar-refractivity contribution in [2.75, 3.05) is 0 Å². The zero-order valence-corrected chi connectivity index (χ0v) is 9.39. The van der Waals surface area contributed by atoms with Gasteiger partial charge >= 0.3 is 0 Å². The van der Waals surface area contributed by atoms with E-state index in [1.54, 1.807) is 6.07 Å². The number of hydrogen-bond acceptors (Lipinski definition) is 1. The summed E-state index contributed by atoms with van der Waals surface area (Å²) in [6, 6.07) is 5.68. The van der Waals surface area contributed by atoms with Crippen LogP contribution in [0.1, 0.15) is 24.8 Å². The van der Waals surface area contributed by atoms with Crippen LogP contribution in [0, 0.1) is 5.92 Å². The number of benzene rings is 1. The second-order valence-corrected chi connectivity index (χ2v) is 4.67. The summed E-state index contributed by atoms with van der Waals surface area (Å²) in [5.41, 5.74) is 1.07. The first-order chi connectivity index (χ1) is 6.61. The summed E-state index contributed by atoms with van der Waals surface area (Å²) < 4.78 is 0. The van der Waals surface area contributed by atoms with Crippen LogP contribution in [0.25, 0.3) is 0 Å². The molecule has 0 radical (unpaired) electrons. The Hall–Kier alpha value is -0.240. The Morgan fingerprint density at radius 1 is 1.43 bits per heavy atom. The lowest BCUT2D eigenvalue weighted by Crippen LogP contribution is -2.03. The van der Waals surface area contributed by atoms with E-state index in [1.165, 1.54) is 0 Å². The van der Waals surface area contributed by atoms with Crippen LogP contribution in [0.5, 0.6) is 0 Å². The van der Waals surface area contributed by atoms with E-state index in [4.69, 9.17) is 23.2 Å². The van der Waals surface area contributed by atoms with Crippen molar-refractivity contribution < 1.29 is 5.11 Å². The van der Waals surface area contributed by atoms with E-state index in [0.29, 0.717) is 21.9 Å². The fourth-order valence-corrected chi connectivity index (χ4v) is 2.36. The summed E-state index contributed by atoms with van der Waals surface area (Å²) in [7, 11) is 0. The van der Waals surface area contributed by atoms with Gasteiger partial charge in [-0.05, 0) is 36.8 Å². The average Bonchev–Trinajstić information content (AvgIpc) is 2.89. The van der Waals surface area contributed by atoms with Crippen LogP contribution < -0.4 is 0 Å². The van der Waals surface area contributed by atoms with Crippen molar-refractivity contribution in [2.45, 2.75) is 25.4 Å². The zero-order valence-electron chi connectivity index (χ0n) is 7.87. The first-order valence-corrected chi connectivity index (χ1v) is 5.49. The fourth-order valence-electron chi connectivity index (χ4n) is 1.91. The van der Waals surface area contributed by atoms with Crippen molar-refractivity contribution in [2.24, 2.45) is 5.92 Å². The molecule has 3 heteroatoms. The van der Waals surface area contributed by atoms with Crippen LogP contribution in [0.4, 0.5) is 0 Å². The molecule has 0 aromatic heterocycles. The third-order valence-electron chi connectivity index (χ3n) is 2.84. The van der Waals surface area contributed by atoms with Crippen LogP contribution in [-0.2, 0) is 0 Å². The minimum absolute atomic E-state index is 0.255. The van der Waals surface area contributed by atoms with E-state index in [0.717, 1.165) is 12.0 Å². The molecule has 1 aliphatic rings. The first-order valence-electron chi connectivity index (χ1n) is 4.73. The maximum atomic E-state index is 9.41. The van der Waals surface area contributed by atoms with Crippen LogP contribution in [-0.4, -0.2) is 11.2 Å². The second-order valence-electron chi connectivity index (χ2n) is 3.89. The Labute approximate surface area is 93.7 Å². The summed E-state index contributed by atoms with van der Waals surface area (Å²) >= 11 is 12.0. The Morgan fingerprint density at radius 3 is 2.71 bits per heavy atom. The minimum atomic E-state index is -0.255. The Bertz CT molecular complexity index is 349. The van der Waals surface area contributed by atoms with Gasteiger partial charge in [-0.2, -0.15) is 0 Å². The van der Waals surface area contributed by atoms with Gasteiger partial charge in [0.1, 0.15) is 0 Å². The minimum Gasteiger partial charge on any atom is -0.393 e. The van der Waals surface area contributed by atoms with Crippen molar-refractivity contribution >= 4 is 23.2 Å². The molecule has 1 aromatic carbocycles. The van der Waals surface area contributed by atoms with Crippen molar-refractivity contribution in [3.05, 3.63) is 33.8 Å². The molecule has 1 saturated carbocycles.